The van der Waals surface area contributed by atoms with Gasteiger partial charge < -0.3 is 14.4 Å². The SMILES string of the molecule is Cn1c2c(c3ccc(N4CCN(CC5CN(c6ccc(-c7ccc8c(c7)C(C)(C)C(=O)N8c7ccc(C#N)c(C(F)(F)F)c7)c(F)n6)C5)CC4)cc31)C(=O)N(C1CCC(=O)NC1=O)C2=O. The number of carbonyl (C=O) groups excluding carboxylic acids is 5. The van der Waals surface area contributed by atoms with Gasteiger partial charge in [-0.2, -0.15) is 22.8 Å². The Morgan fingerprint density at radius 2 is 1.62 bits per heavy atom. The van der Waals surface area contributed by atoms with Gasteiger partial charge in [-0.05, 0) is 92.1 Å². The molecule has 1 atom stereocenters. The highest BCUT2D eigenvalue weighted by Crippen LogP contribution is 2.48. The van der Waals surface area contributed by atoms with Gasteiger partial charge in [-0.15, -0.1) is 0 Å². The summed E-state index contributed by atoms with van der Waals surface area (Å²) in [5, 5.41) is 12.1. The van der Waals surface area contributed by atoms with Crippen LogP contribution in [0.1, 0.15) is 64.2 Å². The fourth-order valence-corrected chi connectivity index (χ4v) is 10.0. The minimum Gasteiger partial charge on any atom is -0.369 e. The molecule has 14 nitrogen and oxygen atoms in total. The summed E-state index contributed by atoms with van der Waals surface area (Å²) in [6, 6.07) is 17.8. The molecule has 1 unspecified atom stereocenters. The predicted molar refractivity (Wildman–Crippen MR) is 230 cm³/mol. The normalized spacial score (nSPS) is 20.1. The van der Waals surface area contributed by atoms with E-state index in [0.29, 0.717) is 47.0 Å². The molecule has 0 bridgehead atoms. The lowest BCUT2D eigenvalue weighted by Crippen LogP contribution is -2.55. The van der Waals surface area contributed by atoms with Gasteiger partial charge in [0.1, 0.15) is 17.6 Å². The number of nitrogens with one attached hydrogen (secondary N) is 1. The van der Waals surface area contributed by atoms with E-state index < -0.39 is 64.2 Å². The highest BCUT2D eigenvalue weighted by atomic mass is 19.4. The van der Waals surface area contributed by atoms with Crippen molar-refractivity contribution < 1.29 is 41.5 Å². The molecular weight excluding hydrogens is 847 g/mol. The highest BCUT2D eigenvalue weighted by Gasteiger charge is 2.48. The number of nitrogens with zero attached hydrogens (tertiary/aromatic N) is 8. The van der Waals surface area contributed by atoms with E-state index in [9.17, 15) is 42.4 Å². The maximum Gasteiger partial charge on any atom is 0.417 e. The van der Waals surface area contributed by atoms with Crippen molar-refractivity contribution in [1.82, 2.24) is 24.7 Å². The molecule has 65 heavy (non-hydrogen) atoms. The molecule has 18 heteroatoms. The summed E-state index contributed by atoms with van der Waals surface area (Å²) < 4.78 is 58.9. The van der Waals surface area contributed by atoms with Crippen LogP contribution in [0.25, 0.3) is 22.0 Å². The molecule has 5 amide bonds. The number of benzene rings is 3. The third-order valence-electron chi connectivity index (χ3n) is 13.6. The van der Waals surface area contributed by atoms with E-state index in [-0.39, 0.29) is 35.3 Å². The summed E-state index contributed by atoms with van der Waals surface area (Å²) in [7, 11) is 1.74. The number of rotatable bonds is 7. The number of nitriles is 1. The number of aryl methyl sites for hydroxylation is 1. The number of halogens is 4. The van der Waals surface area contributed by atoms with Gasteiger partial charge in [-0.1, -0.05) is 6.07 Å². The van der Waals surface area contributed by atoms with Gasteiger partial charge in [0.15, 0.2) is 0 Å². The third kappa shape index (κ3) is 6.70. The average molecular weight is 888 g/mol. The van der Waals surface area contributed by atoms with E-state index in [1.807, 2.05) is 23.1 Å². The summed E-state index contributed by atoms with van der Waals surface area (Å²) in [5.74, 6) is -2.44. The van der Waals surface area contributed by atoms with Crippen LogP contribution in [0.15, 0.2) is 66.7 Å². The first-order valence-corrected chi connectivity index (χ1v) is 21.3. The molecule has 0 radical (unpaired) electrons. The molecule has 10 rings (SSSR count). The van der Waals surface area contributed by atoms with Crippen LogP contribution in [0.3, 0.4) is 0 Å². The van der Waals surface area contributed by atoms with Crippen LogP contribution in [0.4, 0.5) is 40.4 Å². The Kier molecular flexibility index (Phi) is 9.64. The molecule has 3 fully saturated rings. The Morgan fingerprint density at radius 1 is 0.877 bits per heavy atom. The van der Waals surface area contributed by atoms with Crippen molar-refractivity contribution in [3.8, 4) is 17.2 Å². The standard InChI is InChI=1S/C47H41F4N9O5/c1-46(2)33-18-26(5-10-34(33)59(45(46)65)29-6-4-27(21-52)32(19-29)47(49,50)51)30-9-12-37(53-41(30)48)58-23-25(24-58)22-56-14-16-57(17-15-56)28-7-8-31-36(20-28)55(3)40-39(31)43(63)60(44(40)64)35-11-13-38(61)54-42(35)62/h4-10,12,18-20,25,35H,11,13-17,22-24H2,1-3H3,(H,54,61,62). The van der Waals surface area contributed by atoms with Crippen molar-refractivity contribution in [2.45, 2.75) is 44.3 Å². The number of piperidine rings is 1. The van der Waals surface area contributed by atoms with Crippen molar-refractivity contribution in [3.63, 3.8) is 0 Å². The van der Waals surface area contributed by atoms with E-state index in [0.717, 1.165) is 61.0 Å². The van der Waals surface area contributed by atoms with Gasteiger partial charge in [0.05, 0.1) is 39.4 Å². The predicted octanol–water partition coefficient (Wildman–Crippen LogP) is 5.89. The molecule has 332 valence electrons. The number of amides is 5. The van der Waals surface area contributed by atoms with Crippen molar-refractivity contribution in [1.29, 1.82) is 5.26 Å². The minimum atomic E-state index is -4.80. The summed E-state index contributed by atoms with van der Waals surface area (Å²) >= 11 is 0. The lowest BCUT2D eigenvalue weighted by Gasteiger charge is -2.44. The van der Waals surface area contributed by atoms with Crippen molar-refractivity contribution in [2.75, 3.05) is 60.5 Å². The number of fused-ring (bicyclic) bond motifs is 4. The minimum absolute atomic E-state index is 0.0253. The zero-order chi connectivity index (χ0) is 45.9. The Bertz CT molecular complexity index is 2960. The largest absolute Gasteiger partial charge is 0.417 e. The van der Waals surface area contributed by atoms with Gasteiger partial charge in [0.2, 0.25) is 23.7 Å². The van der Waals surface area contributed by atoms with E-state index in [2.05, 4.69) is 20.1 Å². The van der Waals surface area contributed by atoms with Gasteiger partial charge >= 0.3 is 6.18 Å². The third-order valence-corrected chi connectivity index (χ3v) is 13.6. The molecule has 3 aromatic carbocycles. The monoisotopic (exact) mass is 887 g/mol. The summed E-state index contributed by atoms with van der Waals surface area (Å²) in [6.45, 7) is 8.77. The molecule has 5 aliphatic heterocycles. The number of pyridine rings is 1. The number of aromatic nitrogens is 2. The zero-order valence-electron chi connectivity index (χ0n) is 35.5. The van der Waals surface area contributed by atoms with E-state index in [1.165, 1.54) is 11.0 Å². The lowest BCUT2D eigenvalue weighted by atomic mass is 9.85. The highest BCUT2D eigenvalue weighted by molar-refractivity contribution is 6.28. The molecule has 5 aliphatic rings. The quantitative estimate of drug-likeness (QED) is 0.119. The molecule has 0 aliphatic carbocycles. The smallest absolute Gasteiger partial charge is 0.369 e. The number of anilines is 4. The fourth-order valence-electron chi connectivity index (χ4n) is 10.0. The Labute approximate surface area is 369 Å². The van der Waals surface area contributed by atoms with Gasteiger partial charge in [0, 0.05) is 87.5 Å². The second-order valence-corrected chi connectivity index (χ2v) is 17.8. The summed E-state index contributed by atoms with van der Waals surface area (Å²) in [4.78, 5) is 78.2. The van der Waals surface area contributed by atoms with Crippen LogP contribution in [-0.4, -0.2) is 101 Å². The first kappa shape index (κ1) is 41.9. The summed E-state index contributed by atoms with van der Waals surface area (Å²) in [5.41, 5.74) is 0.933. The second-order valence-electron chi connectivity index (χ2n) is 17.8. The van der Waals surface area contributed by atoms with Crippen LogP contribution in [0, 0.1) is 23.2 Å². The maximum atomic E-state index is 15.8. The van der Waals surface area contributed by atoms with E-state index in [4.69, 9.17) is 0 Å². The second kappa shape index (κ2) is 15.0. The molecule has 5 aromatic rings. The number of piperazine rings is 1. The van der Waals surface area contributed by atoms with Crippen molar-refractivity contribution in [3.05, 3.63) is 101 Å². The molecule has 0 spiro atoms. The van der Waals surface area contributed by atoms with E-state index >= 15 is 4.39 Å². The van der Waals surface area contributed by atoms with Crippen LogP contribution in [0.5, 0.6) is 0 Å². The Morgan fingerprint density at radius 3 is 2.31 bits per heavy atom. The van der Waals surface area contributed by atoms with Gasteiger partial charge in [-0.25, -0.2) is 4.98 Å². The number of hydrogen-bond donors (Lipinski definition) is 1. The van der Waals surface area contributed by atoms with Crippen molar-refractivity contribution in [2.24, 2.45) is 13.0 Å². The number of alkyl halides is 3. The molecular formula is C47H41F4N9O5. The van der Waals surface area contributed by atoms with Crippen molar-refractivity contribution >= 4 is 63.3 Å². The zero-order valence-corrected chi connectivity index (χ0v) is 35.5. The number of carbonyl (C=O) groups is 5. The van der Waals surface area contributed by atoms with Crippen LogP contribution in [0.2, 0.25) is 0 Å². The topological polar surface area (TPSA) is 155 Å². The van der Waals surface area contributed by atoms with Gasteiger partial charge in [0.25, 0.3) is 11.8 Å². The molecule has 2 aromatic heterocycles. The summed E-state index contributed by atoms with van der Waals surface area (Å²) in [6.07, 6.45) is -4.65. The van der Waals surface area contributed by atoms with Crippen LogP contribution >= 0.6 is 0 Å². The lowest BCUT2D eigenvalue weighted by molar-refractivity contribution is -0.138. The Balaban J connectivity index is 0.760. The molecule has 3 saturated heterocycles. The molecule has 0 saturated carbocycles. The average Bonchev–Trinajstić information content (AvgIpc) is 3.78. The first-order valence-electron chi connectivity index (χ1n) is 21.3. The molecule has 1 N–H and O–H groups in total. The van der Waals surface area contributed by atoms with E-state index in [1.54, 1.807) is 61.9 Å². The van der Waals surface area contributed by atoms with Crippen LogP contribution in [-0.2, 0) is 33.0 Å². The first-order chi connectivity index (χ1) is 30.9. The fraction of sp³-hybridized carbons (Fsp3) is 0.340. The van der Waals surface area contributed by atoms with Crippen LogP contribution < -0.4 is 20.0 Å². The molecule has 7 heterocycles. The number of hydrogen-bond acceptors (Lipinski definition) is 10. The number of imide groups is 2. The van der Waals surface area contributed by atoms with Gasteiger partial charge in [-0.3, -0.25) is 44.0 Å². The maximum absolute atomic E-state index is 15.8. The Hall–Kier alpha value is -7.13.